The van der Waals surface area contributed by atoms with E-state index in [0.717, 1.165) is 11.3 Å². The van der Waals surface area contributed by atoms with Gasteiger partial charge in [0.15, 0.2) is 0 Å². The predicted octanol–water partition coefficient (Wildman–Crippen LogP) is -0.0345. The van der Waals surface area contributed by atoms with Gasteiger partial charge in [0.2, 0.25) is 11.8 Å². The normalized spacial score (nSPS) is 19.9. The van der Waals surface area contributed by atoms with Gasteiger partial charge in [-0.2, -0.15) is 5.10 Å². The van der Waals surface area contributed by atoms with Crippen molar-refractivity contribution in [2.75, 3.05) is 6.54 Å². The summed E-state index contributed by atoms with van der Waals surface area (Å²) in [5, 5.41) is 7.37. The molecule has 1 aromatic rings. The molecular formula is C12H18N4O2. The molecule has 1 saturated heterocycles. The van der Waals surface area contributed by atoms with E-state index in [1.54, 1.807) is 4.68 Å². The fourth-order valence-corrected chi connectivity index (χ4v) is 2.23. The van der Waals surface area contributed by atoms with E-state index in [9.17, 15) is 9.59 Å². The third-order valence-electron chi connectivity index (χ3n) is 3.21. The van der Waals surface area contributed by atoms with Crippen LogP contribution in [0.4, 0.5) is 0 Å². The van der Waals surface area contributed by atoms with E-state index in [2.05, 4.69) is 10.4 Å². The van der Waals surface area contributed by atoms with Crippen molar-refractivity contribution in [2.45, 2.75) is 32.9 Å². The molecule has 0 spiro atoms. The topological polar surface area (TPSA) is 67.2 Å². The molecular weight excluding hydrogens is 232 g/mol. The highest BCUT2D eigenvalue weighted by Crippen LogP contribution is 2.13. The first-order valence-electron chi connectivity index (χ1n) is 6.09. The van der Waals surface area contributed by atoms with E-state index in [1.165, 1.54) is 4.90 Å². The van der Waals surface area contributed by atoms with E-state index in [4.69, 9.17) is 0 Å². The minimum atomic E-state index is -0.392. The molecule has 6 heteroatoms. The minimum Gasteiger partial charge on any atom is -0.301 e. The second kappa shape index (κ2) is 4.89. The zero-order valence-corrected chi connectivity index (χ0v) is 10.9. The number of carbonyl (C=O) groups excluding carboxylic acids is 2. The van der Waals surface area contributed by atoms with Crippen LogP contribution in [0.15, 0.2) is 6.20 Å². The van der Waals surface area contributed by atoms with Gasteiger partial charge in [0.1, 0.15) is 0 Å². The standard InChI is InChI=1S/C12H18N4O2/c1-4-16-11(17)5-10(12(16)18)13-6-9-7-15(3)14-8(9)2/h7,10,13H,4-6H2,1-3H3. The molecule has 6 nitrogen and oxygen atoms in total. The van der Waals surface area contributed by atoms with Crippen molar-refractivity contribution < 1.29 is 9.59 Å². The molecule has 2 amide bonds. The Labute approximate surface area is 106 Å². The van der Waals surface area contributed by atoms with E-state index in [0.29, 0.717) is 13.1 Å². The molecule has 2 rings (SSSR count). The molecule has 1 fully saturated rings. The first-order chi connectivity index (χ1) is 8.52. The Morgan fingerprint density at radius 2 is 2.22 bits per heavy atom. The molecule has 0 radical (unpaired) electrons. The van der Waals surface area contributed by atoms with Crippen molar-refractivity contribution in [3.8, 4) is 0 Å². The van der Waals surface area contributed by atoms with Crippen molar-refractivity contribution >= 4 is 11.8 Å². The van der Waals surface area contributed by atoms with Crippen molar-refractivity contribution in [2.24, 2.45) is 7.05 Å². The molecule has 1 aliphatic heterocycles. The van der Waals surface area contributed by atoms with Gasteiger partial charge in [-0.05, 0) is 13.8 Å². The summed E-state index contributed by atoms with van der Waals surface area (Å²) < 4.78 is 1.74. The maximum atomic E-state index is 11.9. The Balaban J connectivity index is 1.97. The van der Waals surface area contributed by atoms with Crippen molar-refractivity contribution in [1.29, 1.82) is 0 Å². The Morgan fingerprint density at radius 1 is 1.50 bits per heavy atom. The number of hydrogen-bond acceptors (Lipinski definition) is 4. The summed E-state index contributed by atoms with van der Waals surface area (Å²) in [4.78, 5) is 24.7. The Hall–Kier alpha value is -1.69. The predicted molar refractivity (Wildman–Crippen MR) is 65.6 cm³/mol. The molecule has 1 atom stereocenters. The molecule has 1 N–H and O–H groups in total. The maximum absolute atomic E-state index is 11.9. The van der Waals surface area contributed by atoms with Gasteiger partial charge >= 0.3 is 0 Å². The second-order valence-corrected chi connectivity index (χ2v) is 4.53. The average Bonchev–Trinajstić information content (AvgIpc) is 2.76. The highest BCUT2D eigenvalue weighted by atomic mass is 16.2. The Kier molecular flexibility index (Phi) is 3.47. The van der Waals surface area contributed by atoms with E-state index in [-0.39, 0.29) is 18.2 Å². The summed E-state index contributed by atoms with van der Waals surface area (Å²) >= 11 is 0. The first-order valence-corrected chi connectivity index (χ1v) is 6.09. The van der Waals surface area contributed by atoms with Gasteiger partial charge in [-0.25, -0.2) is 0 Å². The van der Waals surface area contributed by atoms with E-state index in [1.807, 2.05) is 27.1 Å². The van der Waals surface area contributed by atoms with Crippen LogP contribution < -0.4 is 5.32 Å². The molecule has 1 unspecified atom stereocenters. The van der Waals surface area contributed by atoms with Crippen LogP contribution in [-0.2, 0) is 23.2 Å². The summed E-state index contributed by atoms with van der Waals surface area (Å²) in [5.41, 5.74) is 1.99. The zero-order chi connectivity index (χ0) is 13.3. The van der Waals surface area contributed by atoms with Gasteiger partial charge < -0.3 is 5.32 Å². The number of aryl methyl sites for hydroxylation is 2. The molecule has 98 valence electrons. The number of likely N-dealkylation sites (tertiary alicyclic amines) is 1. The lowest BCUT2D eigenvalue weighted by molar-refractivity contribution is -0.138. The first kappa shape index (κ1) is 12.8. The van der Waals surface area contributed by atoms with Crippen LogP contribution in [0, 0.1) is 6.92 Å². The fraction of sp³-hybridized carbons (Fsp3) is 0.583. The van der Waals surface area contributed by atoms with Gasteiger partial charge in [0.25, 0.3) is 0 Å². The quantitative estimate of drug-likeness (QED) is 0.762. The molecule has 0 bridgehead atoms. The van der Waals surface area contributed by atoms with Crippen LogP contribution in [0.2, 0.25) is 0 Å². The number of rotatable bonds is 4. The lowest BCUT2D eigenvalue weighted by atomic mass is 10.2. The Bertz CT molecular complexity index is 480. The van der Waals surface area contributed by atoms with Crippen molar-refractivity contribution in [3.05, 3.63) is 17.5 Å². The summed E-state index contributed by atoms with van der Waals surface area (Å²) in [6, 6.07) is -0.392. The van der Waals surface area contributed by atoms with E-state index >= 15 is 0 Å². The molecule has 0 aromatic carbocycles. The number of aromatic nitrogens is 2. The number of nitrogens with one attached hydrogen (secondary N) is 1. The SMILES string of the molecule is CCN1C(=O)CC(NCc2cn(C)nc2C)C1=O. The number of likely N-dealkylation sites (N-methyl/N-ethyl adjacent to an activating group) is 1. The number of imide groups is 1. The lowest BCUT2D eigenvalue weighted by Gasteiger charge is -2.12. The van der Waals surface area contributed by atoms with Crippen LogP contribution in [-0.4, -0.2) is 39.1 Å². The van der Waals surface area contributed by atoms with Gasteiger partial charge in [-0.3, -0.25) is 19.2 Å². The largest absolute Gasteiger partial charge is 0.301 e. The third-order valence-corrected chi connectivity index (χ3v) is 3.21. The van der Waals surface area contributed by atoms with Crippen LogP contribution in [0.5, 0.6) is 0 Å². The second-order valence-electron chi connectivity index (χ2n) is 4.53. The molecule has 0 saturated carbocycles. The smallest absolute Gasteiger partial charge is 0.246 e. The van der Waals surface area contributed by atoms with Crippen LogP contribution in [0.25, 0.3) is 0 Å². The van der Waals surface area contributed by atoms with Crippen LogP contribution in [0.3, 0.4) is 0 Å². The summed E-state index contributed by atoms with van der Waals surface area (Å²) in [6.45, 7) is 4.74. The molecule has 18 heavy (non-hydrogen) atoms. The monoisotopic (exact) mass is 250 g/mol. The highest BCUT2D eigenvalue weighted by molar-refractivity contribution is 6.05. The minimum absolute atomic E-state index is 0.0945. The number of carbonyl (C=O) groups is 2. The van der Waals surface area contributed by atoms with E-state index < -0.39 is 6.04 Å². The molecule has 0 aliphatic carbocycles. The summed E-state index contributed by atoms with van der Waals surface area (Å²) in [6.07, 6.45) is 2.17. The number of nitrogens with zero attached hydrogens (tertiary/aromatic N) is 3. The summed E-state index contributed by atoms with van der Waals surface area (Å²) in [5.74, 6) is -0.216. The molecule has 2 heterocycles. The van der Waals surface area contributed by atoms with Gasteiger partial charge in [-0.1, -0.05) is 0 Å². The zero-order valence-electron chi connectivity index (χ0n) is 10.9. The lowest BCUT2D eigenvalue weighted by Crippen LogP contribution is -2.38. The fourth-order valence-electron chi connectivity index (χ4n) is 2.23. The molecule has 1 aliphatic rings. The van der Waals surface area contributed by atoms with Crippen molar-refractivity contribution in [1.82, 2.24) is 20.0 Å². The Morgan fingerprint density at radius 3 is 2.72 bits per heavy atom. The van der Waals surface area contributed by atoms with Crippen LogP contribution >= 0.6 is 0 Å². The maximum Gasteiger partial charge on any atom is 0.246 e. The van der Waals surface area contributed by atoms with Gasteiger partial charge in [0, 0.05) is 31.9 Å². The summed E-state index contributed by atoms with van der Waals surface area (Å²) in [7, 11) is 1.86. The number of amides is 2. The van der Waals surface area contributed by atoms with Gasteiger partial charge in [0.05, 0.1) is 18.2 Å². The van der Waals surface area contributed by atoms with Gasteiger partial charge in [-0.15, -0.1) is 0 Å². The third kappa shape index (κ3) is 2.28. The molecule has 1 aromatic heterocycles. The van der Waals surface area contributed by atoms with Crippen molar-refractivity contribution in [3.63, 3.8) is 0 Å². The number of hydrogen-bond donors (Lipinski definition) is 1. The van der Waals surface area contributed by atoms with Crippen LogP contribution in [0.1, 0.15) is 24.6 Å². The average molecular weight is 250 g/mol. The highest BCUT2D eigenvalue weighted by Gasteiger charge is 2.37.